The zero-order valence-corrected chi connectivity index (χ0v) is 58.8. The van der Waals surface area contributed by atoms with E-state index in [9.17, 15) is 85.9 Å². The molecule has 8 fully saturated rings. The number of allylic oxidation sites excluding steroid dienone is 2. The monoisotopic (exact) mass is 1400 g/mol. The van der Waals surface area contributed by atoms with Gasteiger partial charge >= 0.3 is 5.97 Å². The van der Waals surface area contributed by atoms with Gasteiger partial charge in [0.15, 0.2) is 25.0 Å². The van der Waals surface area contributed by atoms with Gasteiger partial charge in [-0.1, -0.05) is 93.7 Å². The Labute approximate surface area is 574 Å². The lowest BCUT2D eigenvalue weighted by Gasteiger charge is -2.71. The number of aliphatic hydroxyl groups excluding tert-OH is 14. The molecule has 4 heterocycles. The summed E-state index contributed by atoms with van der Waals surface area (Å²) >= 11 is 0. The fraction of sp³-hybridized carbons (Fsp3) is 0.914. The lowest BCUT2D eigenvalue weighted by Crippen LogP contribution is -2.69. The summed E-state index contributed by atoms with van der Waals surface area (Å²) in [5, 5.41) is 162. The van der Waals surface area contributed by atoms with Crippen molar-refractivity contribution in [2.24, 2.45) is 62.1 Å². The van der Waals surface area contributed by atoms with Crippen LogP contribution in [-0.4, -0.2) is 262 Å². The number of nitrogens with one attached hydrogen (secondary N) is 2. The van der Waals surface area contributed by atoms with Crippen LogP contribution in [0, 0.1) is 62.1 Å². The van der Waals surface area contributed by atoms with E-state index in [0.717, 1.165) is 11.9 Å². The summed E-state index contributed by atoms with van der Waals surface area (Å²) in [4.78, 5) is 56.7. The van der Waals surface area contributed by atoms with Crippen LogP contribution in [0.1, 0.15) is 172 Å². The standard InChI is InChI=1S/C70H116N2O26/c1-12-32(3)39(71-48(81)25-36(77)23-41(33(4)13-2)93-62-56(88)52(84)43(29-74)95-62)22-35(76)24-49(82)72-50-42(28-73)94-63(59(53(50)85)97-61-57(89)54(86)58(34(5)92-61)96-60-55(87)51(83)40(78)30-91-60)98-64(90)70-21-20-65(6,7)26-38(70)37-14-15-45-66(8)18-17-46(79)67(9,31-75)44(66)16-19-68(45,10)69(37,11)27-47(70)80/h14,31-36,38-47,50-63,73-74,76-80,83-89H,12-13,15-30H2,1-11H3,(H,71,81)(H,72,82)/t32-,33-,34?,35-,36-,38?,39-,40+,41-,42?,43-,44+,45?,46-,47+,50-,51?,52?,53?,54?,55?,56?,57?,58-,59?,60-,61-,62+,63-,66?,67+,68-,69+,70+/m0/s1. The van der Waals surface area contributed by atoms with Gasteiger partial charge in [-0.25, -0.2) is 0 Å². The summed E-state index contributed by atoms with van der Waals surface area (Å²) in [5.74, 6) is -3.49. The third-order valence-corrected chi connectivity index (χ3v) is 25.9. The minimum absolute atomic E-state index is 0.0495. The van der Waals surface area contributed by atoms with E-state index in [4.69, 9.17) is 37.9 Å². The maximum absolute atomic E-state index is 15.9. The molecule has 28 heteroatoms. The second kappa shape index (κ2) is 31.0. The summed E-state index contributed by atoms with van der Waals surface area (Å²) < 4.78 is 48.1. The summed E-state index contributed by atoms with van der Waals surface area (Å²) in [5.41, 5.74) is -3.33. The normalized spacial score (nSPS) is 46.5. The molecule has 0 radical (unpaired) electrons. The van der Waals surface area contributed by atoms with Crippen molar-refractivity contribution in [1.29, 1.82) is 0 Å². The van der Waals surface area contributed by atoms with E-state index in [1.54, 1.807) is 0 Å². The molecule has 13 unspecified atom stereocenters. The van der Waals surface area contributed by atoms with E-state index >= 15 is 4.79 Å². The van der Waals surface area contributed by atoms with Crippen LogP contribution in [0.5, 0.6) is 0 Å². The van der Waals surface area contributed by atoms with Crippen LogP contribution in [0.25, 0.3) is 0 Å². The highest BCUT2D eigenvalue weighted by molar-refractivity contribution is 5.80. The lowest BCUT2D eigenvalue weighted by molar-refractivity contribution is -0.370. The maximum Gasteiger partial charge on any atom is 0.317 e. The Kier molecular flexibility index (Phi) is 25.0. The van der Waals surface area contributed by atoms with Crippen LogP contribution in [0.2, 0.25) is 0 Å². The summed E-state index contributed by atoms with van der Waals surface area (Å²) in [6.07, 6.45) is -26.0. The Morgan fingerprint density at radius 1 is 0.663 bits per heavy atom. The number of ether oxygens (including phenoxy) is 8. The Hall–Kier alpha value is -3.02. The average molecular weight is 1400 g/mol. The molecule has 9 rings (SSSR count). The highest BCUT2D eigenvalue weighted by atomic mass is 16.8. The minimum Gasteiger partial charge on any atom is -0.432 e. The molecule has 4 saturated heterocycles. The first kappa shape index (κ1) is 79.1. The Balaban J connectivity index is 0.942. The van der Waals surface area contributed by atoms with Gasteiger partial charge in [0.1, 0.15) is 78.8 Å². The second-order valence-corrected chi connectivity index (χ2v) is 32.4. The van der Waals surface area contributed by atoms with E-state index in [0.29, 0.717) is 57.8 Å². The van der Waals surface area contributed by atoms with Crippen molar-refractivity contribution >= 4 is 24.1 Å². The molecular weight excluding hydrogens is 1280 g/mol. The molecule has 562 valence electrons. The largest absolute Gasteiger partial charge is 0.432 e. The molecule has 5 aliphatic carbocycles. The minimum atomic E-state index is -2.05. The number of carbonyl (C=O) groups excluding carboxylic acids is 4. The smallest absolute Gasteiger partial charge is 0.317 e. The second-order valence-electron chi connectivity index (χ2n) is 32.4. The predicted molar refractivity (Wildman–Crippen MR) is 344 cm³/mol. The molecule has 28 nitrogen and oxygen atoms in total. The molecule has 4 saturated carbocycles. The highest BCUT2D eigenvalue weighted by Gasteiger charge is 2.72. The van der Waals surface area contributed by atoms with Crippen LogP contribution < -0.4 is 10.6 Å². The van der Waals surface area contributed by atoms with Gasteiger partial charge in [-0.15, -0.1) is 0 Å². The Morgan fingerprint density at radius 3 is 1.93 bits per heavy atom. The maximum atomic E-state index is 15.9. The van der Waals surface area contributed by atoms with E-state index in [1.165, 1.54) is 6.92 Å². The zero-order chi connectivity index (χ0) is 72.3. The van der Waals surface area contributed by atoms with Crippen molar-refractivity contribution in [3.8, 4) is 0 Å². The van der Waals surface area contributed by atoms with Gasteiger partial charge in [-0.3, -0.25) is 14.4 Å². The molecule has 0 aromatic carbocycles. The first-order chi connectivity index (χ1) is 45.9. The van der Waals surface area contributed by atoms with Crippen LogP contribution in [-0.2, 0) is 57.1 Å². The van der Waals surface area contributed by atoms with Crippen LogP contribution >= 0.6 is 0 Å². The number of aliphatic hydroxyl groups is 14. The van der Waals surface area contributed by atoms with Crippen LogP contribution in [0.4, 0.5) is 0 Å². The Morgan fingerprint density at radius 2 is 1.29 bits per heavy atom. The van der Waals surface area contributed by atoms with E-state index < -0.39 is 225 Å². The SMILES string of the molecule is CC[C@H](C)[C@H](C[C@H](O)CC(=O)N[C@H]1C(CO)O[C@@H](OC(=O)[C@]23CCC(C)(C)CC2C2=CCC4C5(C)CC[C@H](O)[C@](C)(C=O)[C@@H]5CC[C@]4(C)[C@]2(C)C[C@H]3O)C(O[C@@H]2OC(C)[C@H](O[C@@H]3OC[C@@H](O)C(O)C3O)C(O)C2O)C1O)NC(=O)C[C@@H](O)C[C@H](O[C@@H]1O[C@@H](CO)C(O)C1O)[C@@H](C)CC. The van der Waals surface area contributed by atoms with E-state index in [-0.39, 0.29) is 60.2 Å². The first-order valence-corrected chi connectivity index (χ1v) is 35.8. The number of esters is 1. The van der Waals surface area contributed by atoms with Gasteiger partial charge in [0.25, 0.3) is 0 Å². The molecule has 0 bridgehead atoms. The van der Waals surface area contributed by atoms with Crippen molar-refractivity contribution in [3.63, 3.8) is 0 Å². The van der Waals surface area contributed by atoms with Gasteiger partial charge in [-0.05, 0) is 122 Å². The van der Waals surface area contributed by atoms with Gasteiger partial charge in [0.2, 0.25) is 18.1 Å². The number of amides is 2. The lowest BCUT2D eigenvalue weighted by atomic mass is 9.33. The fourth-order valence-corrected chi connectivity index (χ4v) is 19.0. The number of rotatable bonds is 25. The third kappa shape index (κ3) is 14.9. The van der Waals surface area contributed by atoms with Gasteiger partial charge in [-0.2, -0.15) is 0 Å². The average Bonchev–Trinajstić information content (AvgIpc) is 0.746. The summed E-state index contributed by atoms with van der Waals surface area (Å²) in [6.45, 7) is 19.7. The number of hydrogen-bond donors (Lipinski definition) is 16. The van der Waals surface area contributed by atoms with Gasteiger partial charge in [0.05, 0.1) is 80.7 Å². The Bertz CT molecular complexity index is 2770. The molecule has 0 spiro atoms. The van der Waals surface area contributed by atoms with Crippen LogP contribution in [0.15, 0.2) is 11.6 Å². The van der Waals surface area contributed by atoms with Crippen molar-refractivity contribution in [3.05, 3.63) is 11.6 Å². The van der Waals surface area contributed by atoms with E-state index in [2.05, 4.69) is 51.3 Å². The molecule has 98 heavy (non-hydrogen) atoms. The quantitative estimate of drug-likeness (QED) is 0.0319. The molecular formula is C70H116N2O26. The van der Waals surface area contributed by atoms with E-state index in [1.807, 2.05) is 34.6 Å². The summed E-state index contributed by atoms with van der Waals surface area (Å²) in [7, 11) is 0. The molecule has 4 aliphatic heterocycles. The molecule has 34 atom stereocenters. The molecule has 0 aromatic rings. The van der Waals surface area contributed by atoms with Crippen LogP contribution in [0.3, 0.4) is 0 Å². The van der Waals surface area contributed by atoms with Gasteiger partial charge < -0.3 is 125 Å². The van der Waals surface area contributed by atoms with Gasteiger partial charge in [0, 0.05) is 12.5 Å². The predicted octanol–water partition coefficient (Wildman–Crippen LogP) is -0.236. The van der Waals surface area contributed by atoms with Crippen molar-refractivity contribution in [2.45, 2.75) is 320 Å². The molecule has 0 aromatic heterocycles. The first-order valence-electron chi connectivity index (χ1n) is 35.8. The van der Waals surface area contributed by atoms with Crippen molar-refractivity contribution in [2.75, 3.05) is 19.8 Å². The fourth-order valence-electron chi connectivity index (χ4n) is 19.0. The number of aldehydes is 1. The molecule has 9 aliphatic rings. The highest BCUT2D eigenvalue weighted by Crippen LogP contribution is 2.76. The molecule has 16 N–H and O–H groups in total. The van der Waals surface area contributed by atoms with Crippen molar-refractivity contribution < 1.29 is 129 Å². The topological polar surface area (TPSA) is 449 Å². The number of carbonyl (C=O) groups is 4. The summed E-state index contributed by atoms with van der Waals surface area (Å²) in [6, 6.07) is -2.37. The van der Waals surface area contributed by atoms with Crippen molar-refractivity contribution in [1.82, 2.24) is 10.6 Å². The molecule has 2 amide bonds. The zero-order valence-electron chi connectivity index (χ0n) is 58.8. The third-order valence-electron chi connectivity index (χ3n) is 25.9. The number of hydrogen-bond acceptors (Lipinski definition) is 26. The number of fused-ring (bicyclic) bond motifs is 7.